The van der Waals surface area contributed by atoms with Crippen LogP contribution in [0.15, 0.2) is 205 Å². The van der Waals surface area contributed by atoms with E-state index in [4.69, 9.17) is 91.3 Å². The Bertz CT molecular complexity index is 6020. The fourth-order valence-electron chi connectivity index (χ4n) is 16.9. The number of aromatic nitrogens is 4. The third kappa shape index (κ3) is 28.6. The van der Waals surface area contributed by atoms with Crippen molar-refractivity contribution in [2.75, 3.05) is 126 Å². The van der Waals surface area contributed by atoms with Crippen LogP contribution >= 0.6 is 100 Å². The first kappa shape index (κ1) is 107. The van der Waals surface area contributed by atoms with E-state index in [-0.39, 0.29) is 89.4 Å². The van der Waals surface area contributed by atoms with Gasteiger partial charge in [-0.2, -0.15) is 0 Å². The van der Waals surface area contributed by atoms with Crippen molar-refractivity contribution < 1.29 is 105 Å². The zero-order valence-corrected chi connectivity index (χ0v) is 85.1. The molecular formula is C95H104Br2Cl2F2N16O20S4. The second-order valence-electron chi connectivity index (χ2n) is 32.7. The highest BCUT2D eigenvalue weighted by atomic mass is 79.9. The summed E-state index contributed by atoms with van der Waals surface area (Å²) in [4.78, 5) is 142. The molecule has 8 aliphatic rings. The molecule has 0 spiro atoms. The number of carboxylic acids is 4. The molecule has 36 nitrogen and oxygen atoms in total. The van der Waals surface area contributed by atoms with Crippen molar-refractivity contribution in [2.24, 2.45) is 20.0 Å². The summed E-state index contributed by atoms with van der Waals surface area (Å²) in [6.45, 7) is 13.0. The number of rotatable bonds is 34. The number of halogens is 6. The van der Waals surface area contributed by atoms with Crippen molar-refractivity contribution in [1.82, 2.24) is 60.8 Å². The maximum absolute atomic E-state index is 14.6. The zero-order chi connectivity index (χ0) is 100. The van der Waals surface area contributed by atoms with Gasteiger partial charge in [-0.3, -0.25) is 58.7 Å². The molecule has 0 aliphatic carbocycles. The molecule has 0 saturated carbocycles. The number of carbonyl (C=O) groups excluding carboxylic acids is 4. The number of morpholine rings is 4. The van der Waals surface area contributed by atoms with Crippen LogP contribution in [-0.4, -0.2) is 287 Å². The first-order valence-electron chi connectivity index (χ1n) is 45.1. The maximum atomic E-state index is 14.6. The third-order valence-electron chi connectivity index (χ3n) is 23.6. The number of nitrogens with zero attached hydrogens (tertiary/aromatic N) is 12. The Morgan fingerprint density at radius 2 is 0.794 bits per heavy atom. The highest BCUT2D eigenvalue weighted by molar-refractivity contribution is 9.10. The van der Waals surface area contributed by atoms with Crippen LogP contribution in [-0.2, 0) is 76.3 Å². The first-order valence-corrected chi connectivity index (χ1v) is 51.0. The molecule has 9 atom stereocenters. The van der Waals surface area contributed by atoms with Crippen LogP contribution in [0.2, 0.25) is 10.0 Å². The van der Waals surface area contributed by atoms with Crippen LogP contribution in [0.3, 0.4) is 0 Å². The molecule has 141 heavy (non-hydrogen) atoms. The van der Waals surface area contributed by atoms with Crippen molar-refractivity contribution >= 4 is 172 Å². The SMILES string of the molecule is CCOC(=O)C1=C(CN2CCOC[C@H]2CCC(=O)O)NC(c2nccs2)=N[C@H]1c1ccccc1Cl.CCOC(=O)C1=C(CN2CCO[C@H](C)[C@H]2CCC(=O)O)NC(c2nccs2)=N[C@H]1c1cccc(F)c1Br.COC(=O)C1=C(CN2CCO[C@H](CCC(=O)O)C2)NC(c2nccs2)=N[C@H]1c1cccc(F)c1Br.COC(=O)C1=C(CN2CCO[C@H](CCC(=O)O)C2)NC(c2nccs2)=N[C@H]1c1ccccc1Cl. The first-order chi connectivity index (χ1) is 68.1. The second kappa shape index (κ2) is 52.4. The van der Waals surface area contributed by atoms with E-state index in [1.807, 2.05) is 64.8 Å². The fourth-order valence-corrected chi connectivity index (χ4v) is 20.7. The van der Waals surface area contributed by atoms with Crippen LogP contribution < -0.4 is 21.3 Å². The van der Waals surface area contributed by atoms with Gasteiger partial charge in [0.2, 0.25) is 0 Å². The van der Waals surface area contributed by atoms with Crippen LogP contribution in [0.25, 0.3) is 0 Å². The predicted octanol–water partition coefficient (Wildman–Crippen LogP) is 13.2. The molecule has 0 unspecified atom stereocenters. The number of hydrogen-bond donors (Lipinski definition) is 8. The quantitative estimate of drug-likeness (QED) is 0.0137. The highest BCUT2D eigenvalue weighted by Crippen LogP contribution is 2.44. The number of ether oxygens (including phenoxy) is 8. The molecule has 12 heterocycles. The number of methoxy groups -OCH3 is 2. The van der Waals surface area contributed by atoms with E-state index in [2.05, 4.69) is 92.7 Å². The van der Waals surface area contributed by atoms with Gasteiger partial charge in [0.15, 0.2) is 43.4 Å². The van der Waals surface area contributed by atoms with Crippen molar-refractivity contribution in [3.8, 4) is 0 Å². The minimum Gasteiger partial charge on any atom is -0.481 e. The van der Waals surface area contributed by atoms with E-state index in [1.54, 1.807) is 75.0 Å². The molecule has 4 fully saturated rings. The van der Waals surface area contributed by atoms with E-state index in [0.717, 1.165) is 0 Å². The van der Waals surface area contributed by atoms with Gasteiger partial charge in [-0.25, -0.2) is 47.9 Å². The molecule has 8 aliphatic heterocycles. The Morgan fingerprint density at radius 1 is 0.447 bits per heavy atom. The number of aliphatic carboxylic acids is 4. The molecule has 4 saturated heterocycles. The summed E-state index contributed by atoms with van der Waals surface area (Å²) in [5.41, 5.74) is 6.05. The van der Waals surface area contributed by atoms with Crippen molar-refractivity contribution in [1.29, 1.82) is 0 Å². The summed E-state index contributed by atoms with van der Waals surface area (Å²) < 4.78 is 73.5. The molecule has 4 aromatic heterocycles. The number of hydrogen-bond acceptors (Lipinski definition) is 36. The summed E-state index contributed by atoms with van der Waals surface area (Å²) in [6, 6.07) is 20.5. The van der Waals surface area contributed by atoms with Gasteiger partial charge >= 0.3 is 47.8 Å². The van der Waals surface area contributed by atoms with Crippen molar-refractivity contribution in [2.45, 2.75) is 127 Å². The van der Waals surface area contributed by atoms with E-state index in [0.29, 0.717) is 234 Å². The maximum Gasteiger partial charge on any atom is 0.338 e. The molecule has 46 heteroatoms. The topological polar surface area (TPSA) is 453 Å². The average molecular weight is 2190 g/mol. The van der Waals surface area contributed by atoms with Crippen LogP contribution in [0.4, 0.5) is 8.78 Å². The van der Waals surface area contributed by atoms with Gasteiger partial charge < -0.3 is 79.6 Å². The zero-order valence-electron chi connectivity index (χ0n) is 77.2. The molecule has 750 valence electrons. The Labute approximate surface area is 853 Å². The Morgan fingerprint density at radius 3 is 1.17 bits per heavy atom. The van der Waals surface area contributed by atoms with E-state index < -0.39 is 83.6 Å². The van der Waals surface area contributed by atoms with Gasteiger partial charge in [0.1, 0.15) is 35.8 Å². The largest absolute Gasteiger partial charge is 0.481 e. The minimum absolute atomic E-state index is 0.00321. The van der Waals surface area contributed by atoms with Crippen LogP contribution in [0.1, 0.15) is 139 Å². The lowest BCUT2D eigenvalue weighted by atomic mass is 9.94. The normalized spacial score (nSPS) is 21.3. The predicted molar refractivity (Wildman–Crippen MR) is 531 cm³/mol. The average Bonchev–Trinajstić information content (AvgIpc) is 1.16. The number of carbonyl (C=O) groups is 8. The summed E-state index contributed by atoms with van der Waals surface area (Å²) in [5.74, 6) is -4.47. The molecule has 8 aromatic rings. The number of aliphatic imine (C=N–C) groups is 4. The number of nitrogens with one attached hydrogen (secondary N) is 4. The van der Waals surface area contributed by atoms with Gasteiger partial charge in [-0.05, 0) is 114 Å². The van der Waals surface area contributed by atoms with Gasteiger partial charge in [0.25, 0.3) is 0 Å². The standard InChI is InChI=1S/C25H28BrFN4O5S.C24H27ClN4O5S.C23H24BrFN4O5S.C23H25ClN4O5S/c1-3-35-25(34)20-17(13-31-10-11-36-14(2)18(31)7-8-19(32)33)29-23(24-28-9-12-37-24)30-22(20)15-5-4-6-16(27)21(15)26;1-2-34-24(32)20-18(13-29-10-11-33-14-15(29)7-8-19(30)31)27-22(23-26-9-12-35-23)28-21(20)16-5-3-4-6-17(16)25;1-33-23(32)18-16(12-29-8-9-34-13(11-29)5-6-17(30)31)27-21(22-26-7-10-35-22)28-20(18)14-3-2-4-15(25)19(14)24;1-32-23(31)19-17(13-28-9-10-33-14(12-28)6-7-18(29)30)26-21(22-25-8-11-34-22)27-20(19)15-4-2-3-5-16(15)24/h4-6,9,12,14,18,22H,3,7-8,10-11,13H2,1-2H3,(H,29,30)(H,32,33);3-6,9,12,15,21H,2,7-8,10-11,13-14H2,1H3,(H,27,28)(H,30,31);2-4,7,10,13,20H,5-6,8-9,11-12H2,1H3,(H,27,28)(H,30,31);2-5,8,11,14,20H,6-7,9-10,12-13H2,1H3,(H,26,27)(H,29,30)/t14-,18-,22+;15-,21+;13-,20+;14-,20+/m1111/s1. The number of amidine groups is 4. The Hall–Kier alpha value is -10.9. The molecule has 4 aromatic carbocycles. The van der Waals surface area contributed by atoms with Gasteiger partial charge in [-0.15, -0.1) is 45.3 Å². The molecule has 0 amide bonds. The summed E-state index contributed by atoms with van der Waals surface area (Å²) in [6.07, 6.45) is 7.85. The van der Waals surface area contributed by atoms with Gasteiger partial charge in [-0.1, -0.05) is 83.9 Å². The van der Waals surface area contributed by atoms with Gasteiger partial charge in [0, 0.05) is 193 Å². The van der Waals surface area contributed by atoms with Crippen LogP contribution in [0.5, 0.6) is 0 Å². The Balaban J connectivity index is 0.000000158. The number of carboxylic acid groups (broad SMARTS) is 4. The molecule has 8 N–H and O–H groups in total. The van der Waals surface area contributed by atoms with E-state index in [9.17, 15) is 57.4 Å². The summed E-state index contributed by atoms with van der Waals surface area (Å²) in [5, 5.41) is 60.6. The summed E-state index contributed by atoms with van der Waals surface area (Å²) in [7, 11) is 2.63. The monoisotopic (exact) mass is 2180 g/mol. The number of benzene rings is 4. The lowest BCUT2D eigenvalue weighted by molar-refractivity contribution is -0.140. The smallest absolute Gasteiger partial charge is 0.338 e. The van der Waals surface area contributed by atoms with Crippen LogP contribution in [0, 0.1) is 11.6 Å². The molecular weight excluding hydrogens is 2080 g/mol. The van der Waals surface area contributed by atoms with Gasteiger partial charge in [0.05, 0.1) is 110 Å². The fraction of sp³-hybridized carbons (Fsp3) is 0.411. The molecule has 16 rings (SSSR count). The number of thiazole rings is 4. The van der Waals surface area contributed by atoms with E-state index in [1.165, 1.54) is 71.7 Å². The lowest BCUT2D eigenvalue weighted by Gasteiger charge is -2.41. The molecule has 0 bridgehead atoms. The van der Waals surface area contributed by atoms with E-state index >= 15 is 0 Å². The molecule has 0 radical (unpaired) electrons. The van der Waals surface area contributed by atoms with Crippen molar-refractivity contribution in [3.05, 3.63) is 249 Å². The van der Waals surface area contributed by atoms with Crippen molar-refractivity contribution in [3.63, 3.8) is 0 Å². The Kier molecular flexibility index (Phi) is 39.9. The highest BCUT2D eigenvalue weighted by Gasteiger charge is 2.43. The number of esters is 4. The summed E-state index contributed by atoms with van der Waals surface area (Å²) >= 11 is 25.4. The second-order valence-corrected chi connectivity index (χ2v) is 38.7. The third-order valence-corrected chi connectivity index (χ3v) is 29.0. The minimum atomic E-state index is -0.880. The lowest BCUT2D eigenvalue weighted by Crippen LogP contribution is -2.52.